The van der Waals surface area contributed by atoms with Gasteiger partial charge in [0.15, 0.2) is 0 Å². The quantitative estimate of drug-likeness (QED) is 0.594. The molecule has 112 valence electrons. The molecule has 0 bridgehead atoms. The average Bonchev–Trinajstić information content (AvgIpc) is 2.44. The normalized spacial score (nSPS) is 11.7. The molecular weight excluding hydrogens is 268 g/mol. The van der Waals surface area contributed by atoms with E-state index >= 15 is 0 Å². The van der Waals surface area contributed by atoms with Crippen molar-refractivity contribution in [3.63, 3.8) is 0 Å². The summed E-state index contributed by atoms with van der Waals surface area (Å²) in [5, 5.41) is 13.7. The molecule has 0 saturated carbocycles. The van der Waals surface area contributed by atoms with Crippen LogP contribution in [0.3, 0.4) is 0 Å². The molecule has 0 atom stereocenters. The highest BCUT2D eigenvalue weighted by Gasteiger charge is 2.27. The van der Waals surface area contributed by atoms with Crippen LogP contribution in [-0.4, -0.2) is 17.0 Å². The van der Waals surface area contributed by atoms with Gasteiger partial charge in [-0.05, 0) is 18.9 Å². The SMILES string of the molecule is CCC(CC)(CN)Nc1ccc([N+](=O)[O-])cc1C(F)F. The second kappa shape index (κ2) is 6.60. The molecular formula is C13H19F2N3O2. The van der Waals surface area contributed by atoms with Gasteiger partial charge in [0.2, 0.25) is 0 Å². The molecule has 20 heavy (non-hydrogen) atoms. The van der Waals surface area contributed by atoms with Gasteiger partial charge >= 0.3 is 0 Å². The second-order valence-corrected chi connectivity index (χ2v) is 4.65. The van der Waals surface area contributed by atoms with Gasteiger partial charge in [0.25, 0.3) is 12.1 Å². The molecule has 0 radical (unpaired) electrons. The fraction of sp³-hybridized carbons (Fsp3) is 0.538. The number of hydrogen-bond acceptors (Lipinski definition) is 4. The number of nitrogens with one attached hydrogen (secondary N) is 1. The van der Waals surface area contributed by atoms with Gasteiger partial charge in [0, 0.05) is 35.5 Å². The highest BCUT2D eigenvalue weighted by atomic mass is 19.3. The Balaban J connectivity index is 3.20. The Morgan fingerprint density at radius 2 is 2.00 bits per heavy atom. The van der Waals surface area contributed by atoms with E-state index in [9.17, 15) is 18.9 Å². The lowest BCUT2D eigenvalue weighted by Crippen LogP contribution is -2.44. The number of non-ortho nitro benzene ring substituents is 1. The lowest BCUT2D eigenvalue weighted by atomic mass is 9.92. The number of alkyl halides is 2. The Hall–Kier alpha value is -1.76. The van der Waals surface area contributed by atoms with Gasteiger partial charge in [-0.2, -0.15) is 0 Å². The first-order valence-corrected chi connectivity index (χ1v) is 6.44. The predicted octanol–water partition coefficient (Wildman–Crippen LogP) is 3.46. The summed E-state index contributed by atoms with van der Waals surface area (Å²) in [5.41, 5.74) is 4.70. The van der Waals surface area contributed by atoms with Crippen molar-refractivity contribution in [3.8, 4) is 0 Å². The van der Waals surface area contributed by atoms with Crippen molar-refractivity contribution in [1.82, 2.24) is 0 Å². The molecule has 0 amide bonds. The van der Waals surface area contributed by atoms with Crippen molar-refractivity contribution < 1.29 is 13.7 Å². The zero-order valence-corrected chi connectivity index (χ0v) is 11.5. The highest BCUT2D eigenvalue weighted by molar-refractivity contribution is 5.58. The van der Waals surface area contributed by atoms with Crippen molar-refractivity contribution in [3.05, 3.63) is 33.9 Å². The number of nitrogens with two attached hydrogens (primary N) is 1. The van der Waals surface area contributed by atoms with Crippen LogP contribution in [0.25, 0.3) is 0 Å². The molecule has 0 unspecified atom stereocenters. The number of hydrogen-bond donors (Lipinski definition) is 2. The van der Waals surface area contributed by atoms with E-state index in [-0.39, 0.29) is 16.9 Å². The number of halogens is 2. The van der Waals surface area contributed by atoms with Gasteiger partial charge in [0.1, 0.15) is 0 Å². The number of nitro benzene ring substituents is 1. The summed E-state index contributed by atoms with van der Waals surface area (Å²) < 4.78 is 26.1. The van der Waals surface area contributed by atoms with Gasteiger partial charge in [-0.3, -0.25) is 10.1 Å². The summed E-state index contributed by atoms with van der Waals surface area (Å²) in [7, 11) is 0. The van der Waals surface area contributed by atoms with Crippen LogP contribution < -0.4 is 11.1 Å². The summed E-state index contributed by atoms with van der Waals surface area (Å²) in [4.78, 5) is 9.97. The van der Waals surface area contributed by atoms with E-state index in [1.54, 1.807) is 0 Å². The van der Waals surface area contributed by atoms with E-state index in [0.29, 0.717) is 19.4 Å². The minimum Gasteiger partial charge on any atom is -0.378 e. The van der Waals surface area contributed by atoms with E-state index in [4.69, 9.17) is 5.73 Å². The van der Waals surface area contributed by atoms with Gasteiger partial charge in [-0.25, -0.2) is 8.78 Å². The molecule has 0 aliphatic heterocycles. The minimum atomic E-state index is -2.79. The number of rotatable bonds is 7. The average molecular weight is 287 g/mol. The van der Waals surface area contributed by atoms with Gasteiger partial charge in [0.05, 0.1) is 4.92 Å². The van der Waals surface area contributed by atoms with E-state index in [0.717, 1.165) is 6.07 Å². The Labute approximate surface area is 116 Å². The van der Waals surface area contributed by atoms with E-state index in [1.165, 1.54) is 12.1 Å². The number of nitro groups is 1. The topological polar surface area (TPSA) is 81.2 Å². The minimum absolute atomic E-state index is 0.194. The van der Waals surface area contributed by atoms with Gasteiger partial charge < -0.3 is 11.1 Å². The standard InChI is InChI=1S/C13H19F2N3O2/c1-3-13(4-2,8-16)17-11-6-5-9(18(19)20)7-10(11)12(14)15/h5-7,12,17H,3-4,8,16H2,1-2H3. The van der Waals surface area contributed by atoms with E-state index < -0.39 is 16.9 Å². The van der Waals surface area contributed by atoms with Crippen molar-refractivity contribution >= 4 is 11.4 Å². The first kappa shape index (κ1) is 16.3. The lowest BCUT2D eigenvalue weighted by Gasteiger charge is -2.33. The first-order valence-electron chi connectivity index (χ1n) is 6.44. The third kappa shape index (κ3) is 3.41. The molecule has 1 aromatic carbocycles. The lowest BCUT2D eigenvalue weighted by molar-refractivity contribution is -0.385. The molecule has 0 fully saturated rings. The van der Waals surface area contributed by atoms with E-state index in [2.05, 4.69) is 5.32 Å². The molecule has 0 aliphatic rings. The summed E-state index contributed by atoms with van der Waals surface area (Å²) in [6, 6.07) is 3.43. The largest absolute Gasteiger partial charge is 0.378 e. The van der Waals surface area contributed by atoms with Crippen molar-refractivity contribution in [2.45, 2.75) is 38.7 Å². The van der Waals surface area contributed by atoms with Crippen molar-refractivity contribution in [1.29, 1.82) is 0 Å². The molecule has 3 N–H and O–H groups in total. The van der Waals surface area contributed by atoms with Gasteiger partial charge in [-0.15, -0.1) is 0 Å². The Morgan fingerprint density at radius 1 is 1.40 bits per heavy atom. The molecule has 1 rings (SSSR count). The van der Waals surface area contributed by atoms with Crippen LogP contribution in [0, 0.1) is 10.1 Å². The zero-order valence-electron chi connectivity index (χ0n) is 11.5. The van der Waals surface area contributed by atoms with Crippen LogP contribution in [-0.2, 0) is 0 Å². The Bertz CT molecular complexity index is 468. The first-order chi connectivity index (χ1) is 9.39. The fourth-order valence-corrected chi connectivity index (χ4v) is 2.01. The van der Waals surface area contributed by atoms with E-state index in [1.807, 2.05) is 13.8 Å². The van der Waals surface area contributed by atoms with Crippen LogP contribution in [0.5, 0.6) is 0 Å². The van der Waals surface area contributed by atoms with Crippen molar-refractivity contribution in [2.75, 3.05) is 11.9 Å². The van der Waals surface area contributed by atoms with Gasteiger partial charge in [-0.1, -0.05) is 13.8 Å². The maximum atomic E-state index is 13.1. The highest BCUT2D eigenvalue weighted by Crippen LogP contribution is 2.33. The molecule has 0 spiro atoms. The number of benzene rings is 1. The van der Waals surface area contributed by atoms with Crippen LogP contribution in [0.2, 0.25) is 0 Å². The maximum Gasteiger partial charge on any atom is 0.270 e. The predicted molar refractivity (Wildman–Crippen MR) is 74.0 cm³/mol. The molecule has 0 heterocycles. The number of nitrogens with zero attached hydrogens (tertiary/aromatic N) is 1. The molecule has 0 aromatic heterocycles. The summed E-state index contributed by atoms with van der Waals surface area (Å²) in [6.45, 7) is 4.12. The van der Waals surface area contributed by atoms with Crippen LogP contribution in [0.15, 0.2) is 18.2 Å². The molecule has 5 nitrogen and oxygen atoms in total. The van der Waals surface area contributed by atoms with Crippen molar-refractivity contribution in [2.24, 2.45) is 5.73 Å². The summed E-state index contributed by atoms with van der Waals surface area (Å²) in [6.07, 6.45) is -1.46. The smallest absolute Gasteiger partial charge is 0.270 e. The fourth-order valence-electron chi connectivity index (χ4n) is 2.01. The third-order valence-corrected chi connectivity index (χ3v) is 3.63. The molecule has 0 aliphatic carbocycles. The van der Waals surface area contributed by atoms with Crippen LogP contribution in [0.4, 0.5) is 20.2 Å². The monoisotopic (exact) mass is 287 g/mol. The zero-order chi connectivity index (χ0) is 15.3. The Morgan fingerprint density at radius 3 is 2.40 bits per heavy atom. The molecule has 0 saturated heterocycles. The number of anilines is 1. The van der Waals surface area contributed by atoms with Crippen LogP contribution in [0.1, 0.15) is 38.7 Å². The van der Waals surface area contributed by atoms with Crippen LogP contribution >= 0.6 is 0 Å². The maximum absolute atomic E-state index is 13.1. The Kier molecular flexibility index (Phi) is 5.38. The molecule has 1 aromatic rings. The summed E-state index contributed by atoms with van der Waals surface area (Å²) >= 11 is 0. The summed E-state index contributed by atoms with van der Waals surface area (Å²) in [5.74, 6) is 0. The third-order valence-electron chi connectivity index (χ3n) is 3.63. The second-order valence-electron chi connectivity index (χ2n) is 4.65. The molecule has 7 heteroatoms.